The minimum Gasteiger partial charge on any atom is -0.488 e. The van der Waals surface area contributed by atoms with Crippen LogP contribution in [0.5, 0.6) is 5.75 Å². The van der Waals surface area contributed by atoms with E-state index in [1.807, 2.05) is 38.1 Å². The molecule has 1 aromatic heterocycles. The molecule has 5 nitrogen and oxygen atoms in total. The molecule has 0 saturated heterocycles. The number of nitrogens with zero attached hydrogens (tertiary/aromatic N) is 3. The highest BCUT2D eigenvalue weighted by atomic mass is 79.9. The molecule has 4 rings (SSSR count). The van der Waals surface area contributed by atoms with Gasteiger partial charge in [0.15, 0.2) is 0 Å². The van der Waals surface area contributed by atoms with Gasteiger partial charge < -0.3 is 4.74 Å². The third-order valence-electron chi connectivity index (χ3n) is 5.45. The van der Waals surface area contributed by atoms with Crippen LogP contribution < -0.4 is 10.3 Å². The monoisotopic (exact) mass is 585 g/mol. The molecule has 0 amide bonds. The fourth-order valence-electron chi connectivity index (χ4n) is 3.44. The van der Waals surface area contributed by atoms with Gasteiger partial charge in [-0.15, -0.1) is 0 Å². The summed E-state index contributed by atoms with van der Waals surface area (Å²) in [6, 6.07) is 17.2. The summed E-state index contributed by atoms with van der Waals surface area (Å²) < 4.78 is 22.5. The van der Waals surface area contributed by atoms with Gasteiger partial charge in [0.2, 0.25) is 0 Å². The van der Waals surface area contributed by atoms with Gasteiger partial charge in [0.1, 0.15) is 24.0 Å². The molecule has 34 heavy (non-hydrogen) atoms. The van der Waals surface area contributed by atoms with Crippen molar-refractivity contribution < 1.29 is 9.13 Å². The molecule has 0 radical (unpaired) electrons. The van der Waals surface area contributed by atoms with Crippen molar-refractivity contribution in [1.29, 1.82) is 0 Å². The van der Waals surface area contributed by atoms with Gasteiger partial charge in [0.05, 0.1) is 17.1 Å². The topological polar surface area (TPSA) is 56.5 Å². The zero-order valence-corrected chi connectivity index (χ0v) is 21.8. The molecule has 3 aromatic carbocycles. The van der Waals surface area contributed by atoms with Crippen LogP contribution in [0.25, 0.3) is 10.9 Å². The van der Waals surface area contributed by atoms with Crippen LogP contribution in [0.1, 0.15) is 43.1 Å². The van der Waals surface area contributed by atoms with E-state index in [0.717, 1.165) is 15.4 Å². The molecule has 1 heterocycles. The molecular formula is C26H22Br2FN3O2. The molecule has 0 fully saturated rings. The quantitative estimate of drug-likeness (QED) is 0.218. The van der Waals surface area contributed by atoms with Gasteiger partial charge in [-0.3, -0.25) is 4.79 Å². The lowest BCUT2D eigenvalue weighted by atomic mass is 10.1. The largest absolute Gasteiger partial charge is 0.488 e. The number of benzene rings is 3. The van der Waals surface area contributed by atoms with Gasteiger partial charge in [-0.25, -0.2) is 9.37 Å². The maximum Gasteiger partial charge on any atom is 0.282 e. The van der Waals surface area contributed by atoms with Crippen LogP contribution in [-0.2, 0) is 6.61 Å². The third kappa shape index (κ3) is 5.45. The molecule has 0 saturated carbocycles. The molecule has 0 N–H and O–H groups in total. The standard InChI is InChI=1S/C26H22Br2FN3O2/c1-3-16(2)25-31-23-9-7-20(28)13-22(23)26(33)32(25)30-14-18-12-19(27)8-10-24(18)34-15-17-5-4-6-21(29)11-17/h4-14,16H,3,15H2,1-2H3/t16-/m1/s1. The van der Waals surface area contributed by atoms with Crippen LogP contribution in [0.3, 0.4) is 0 Å². The number of ether oxygens (including phenoxy) is 1. The summed E-state index contributed by atoms with van der Waals surface area (Å²) in [5.41, 5.74) is 1.78. The third-order valence-corrected chi connectivity index (χ3v) is 6.44. The van der Waals surface area contributed by atoms with Crippen LogP contribution in [0.2, 0.25) is 0 Å². The summed E-state index contributed by atoms with van der Waals surface area (Å²) >= 11 is 6.91. The van der Waals surface area contributed by atoms with Crippen molar-refractivity contribution in [3.05, 3.63) is 103 Å². The molecule has 0 aliphatic heterocycles. The Kier molecular flexibility index (Phi) is 7.58. The summed E-state index contributed by atoms with van der Waals surface area (Å²) in [5.74, 6) is 0.872. The first-order chi connectivity index (χ1) is 16.4. The normalized spacial score (nSPS) is 12.4. The van der Waals surface area contributed by atoms with E-state index in [1.54, 1.807) is 30.5 Å². The van der Waals surface area contributed by atoms with E-state index in [2.05, 4.69) is 37.0 Å². The average molecular weight is 587 g/mol. The first kappa shape index (κ1) is 24.3. The number of hydrogen-bond acceptors (Lipinski definition) is 4. The van der Waals surface area contributed by atoms with E-state index in [0.29, 0.717) is 33.6 Å². The average Bonchev–Trinajstić information content (AvgIpc) is 2.82. The molecular weight excluding hydrogens is 565 g/mol. The molecule has 8 heteroatoms. The predicted molar refractivity (Wildman–Crippen MR) is 140 cm³/mol. The maximum atomic E-state index is 13.5. The lowest BCUT2D eigenvalue weighted by Crippen LogP contribution is -2.23. The van der Waals surface area contributed by atoms with Gasteiger partial charge in [-0.1, -0.05) is 57.8 Å². The van der Waals surface area contributed by atoms with Crippen molar-refractivity contribution in [3.8, 4) is 5.75 Å². The first-order valence-electron chi connectivity index (χ1n) is 10.8. The summed E-state index contributed by atoms with van der Waals surface area (Å²) in [5, 5.41) is 5.02. The zero-order valence-electron chi connectivity index (χ0n) is 18.6. The van der Waals surface area contributed by atoms with E-state index < -0.39 is 0 Å². The number of aromatic nitrogens is 2. The summed E-state index contributed by atoms with van der Waals surface area (Å²) in [6.07, 6.45) is 2.40. The smallest absolute Gasteiger partial charge is 0.282 e. The minimum absolute atomic E-state index is 0.0316. The number of rotatable bonds is 7. The van der Waals surface area contributed by atoms with Crippen LogP contribution >= 0.6 is 31.9 Å². The van der Waals surface area contributed by atoms with Gasteiger partial charge in [-0.05, 0) is 60.5 Å². The number of fused-ring (bicyclic) bond motifs is 1. The second-order valence-corrected chi connectivity index (χ2v) is 9.73. The predicted octanol–water partition coefficient (Wildman–Crippen LogP) is 7.04. The Morgan fingerprint density at radius 2 is 1.88 bits per heavy atom. The first-order valence-corrected chi connectivity index (χ1v) is 12.4. The summed E-state index contributed by atoms with van der Waals surface area (Å²) in [4.78, 5) is 18.1. The van der Waals surface area contributed by atoms with Crippen LogP contribution in [0, 0.1) is 5.82 Å². The molecule has 0 unspecified atom stereocenters. The minimum atomic E-state index is -0.314. The van der Waals surface area contributed by atoms with Crippen molar-refractivity contribution in [2.45, 2.75) is 32.8 Å². The van der Waals surface area contributed by atoms with E-state index in [1.165, 1.54) is 16.8 Å². The van der Waals surface area contributed by atoms with Crippen molar-refractivity contribution in [2.75, 3.05) is 0 Å². The van der Waals surface area contributed by atoms with Crippen molar-refractivity contribution in [1.82, 2.24) is 9.66 Å². The number of hydrogen-bond donors (Lipinski definition) is 0. The Morgan fingerprint density at radius 3 is 2.65 bits per heavy atom. The van der Waals surface area contributed by atoms with Gasteiger partial charge in [-0.2, -0.15) is 9.78 Å². The van der Waals surface area contributed by atoms with E-state index in [4.69, 9.17) is 9.72 Å². The molecule has 174 valence electrons. The highest BCUT2D eigenvalue weighted by Gasteiger charge is 2.16. The molecule has 4 aromatic rings. The lowest BCUT2D eigenvalue weighted by Gasteiger charge is -2.14. The second-order valence-electron chi connectivity index (χ2n) is 7.90. The number of halogens is 3. The Bertz CT molecular complexity index is 1440. The Labute approximate surface area is 213 Å². The van der Waals surface area contributed by atoms with Crippen molar-refractivity contribution in [3.63, 3.8) is 0 Å². The van der Waals surface area contributed by atoms with Gasteiger partial charge in [0.25, 0.3) is 5.56 Å². The van der Waals surface area contributed by atoms with Gasteiger partial charge in [0, 0.05) is 20.4 Å². The van der Waals surface area contributed by atoms with Crippen LogP contribution in [0.4, 0.5) is 4.39 Å². The van der Waals surface area contributed by atoms with Crippen molar-refractivity contribution >= 4 is 49.0 Å². The second kappa shape index (κ2) is 10.6. The fourth-order valence-corrected chi connectivity index (χ4v) is 4.18. The van der Waals surface area contributed by atoms with E-state index in [-0.39, 0.29) is 23.9 Å². The van der Waals surface area contributed by atoms with E-state index >= 15 is 0 Å². The molecule has 1 atom stereocenters. The molecule has 0 spiro atoms. The molecule has 0 aliphatic rings. The zero-order chi connectivity index (χ0) is 24.2. The van der Waals surface area contributed by atoms with E-state index in [9.17, 15) is 9.18 Å². The highest BCUT2D eigenvalue weighted by Crippen LogP contribution is 2.24. The fraction of sp³-hybridized carbons (Fsp3) is 0.192. The van der Waals surface area contributed by atoms with Gasteiger partial charge >= 0.3 is 0 Å². The Morgan fingerprint density at radius 1 is 1.12 bits per heavy atom. The SMILES string of the molecule is CC[C@@H](C)c1nc2ccc(Br)cc2c(=O)n1N=Cc1cc(Br)ccc1OCc1cccc(F)c1. The lowest BCUT2D eigenvalue weighted by molar-refractivity contribution is 0.305. The van der Waals surface area contributed by atoms with Crippen LogP contribution in [0.15, 0.2) is 79.5 Å². The highest BCUT2D eigenvalue weighted by molar-refractivity contribution is 9.10. The van der Waals surface area contributed by atoms with Crippen molar-refractivity contribution in [2.24, 2.45) is 5.10 Å². The maximum absolute atomic E-state index is 13.5. The Hall–Kier alpha value is -2.84. The summed E-state index contributed by atoms with van der Waals surface area (Å²) in [6.45, 7) is 4.26. The molecule has 0 bridgehead atoms. The summed E-state index contributed by atoms with van der Waals surface area (Å²) in [7, 11) is 0. The Balaban J connectivity index is 1.74. The van der Waals surface area contributed by atoms with Crippen LogP contribution in [-0.4, -0.2) is 15.9 Å². The molecule has 0 aliphatic carbocycles.